The molecular formula is C13H10F2O5. The standard InChI is InChI=1S/C13H10F2O5/c1-2-19-10-6-8(7-16)5-9(3-4-11(17)18)12(10)20-13(14)15/h5-7,13H,2H2,1H3,(H,17,18). The second-order valence-electron chi connectivity index (χ2n) is 3.38. The van der Waals surface area contributed by atoms with Gasteiger partial charge in [-0.05, 0) is 19.1 Å². The first-order valence-electron chi connectivity index (χ1n) is 5.43. The summed E-state index contributed by atoms with van der Waals surface area (Å²) in [6.07, 6.45) is 0.459. The Morgan fingerprint density at radius 3 is 2.70 bits per heavy atom. The number of carboxylic acid groups (broad SMARTS) is 1. The maximum atomic E-state index is 12.4. The Morgan fingerprint density at radius 1 is 1.50 bits per heavy atom. The van der Waals surface area contributed by atoms with Gasteiger partial charge in [0, 0.05) is 11.5 Å². The highest BCUT2D eigenvalue weighted by atomic mass is 19.3. The SMILES string of the molecule is CCOc1cc(C=O)cc(C#CC(=O)O)c1OC(F)F. The van der Waals surface area contributed by atoms with Crippen LogP contribution >= 0.6 is 0 Å². The third kappa shape index (κ3) is 4.24. The fourth-order valence-electron chi connectivity index (χ4n) is 1.38. The van der Waals surface area contributed by atoms with Crippen LogP contribution in [0.4, 0.5) is 8.78 Å². The topological polar surface area (TPSA) is 72.8 Å². The minimum absolute atomic E-state index is 0.102. The van der Waals surface area contributed by atoms with Crippen molar-refractivity contribution in [3.63, 3.8) is 0 Å². The van der Waals surface area contributed by atoms with Crippen molar-refractivity contribution in [2.45, 2.75) is 13.5 Å². The molecule has 20 heavy (non-hydrogen) atoms. The van der Waals surface area contributed by atoms with E-state index in [1.165, 1.54) is 6.07 Å². The number of hydrogen-bond acceptors (Lipinski definition) is 4. The molecule has 0 saturated carbocycles. The van der Waals surface area contributed by atoms with Crippen LogP contribution in [0.1, 0.15) is 22.8 Å². The van der Waals surface area contributed by atoms with E-state index in [9.17, 15) is 18.4 Å². The first-order chi connectivity index (χ1) is 9.47. The minimum atomic E-state index is -3.14. The summed E-state index contributed by atoms with van der Waals surface area (Å²) in [6, 6.07) is 2.35. The first kappa shape index (κ1) is 15.4. The summed E-state index contributed by atoms with van der Waals surface area (Å²) in [7, 11) is 0. The van der Waals surface area contributed by atoms with Crippen molar-refractivity contribution in [1.29, 1.82) is 0 Å². The molecule has 0 amide bonds. The predicted molar refractivity (Wildman–Crippen MR) is 64.1 cm³/mol. The number of rotatable bonds is 5. The lowest BCUT2D eigenvalue weighted by Crippen LogP contribution is -2.07. The van der Waals surface area contributed by atoms with Crippen LogP contribution in [0.5, 0.6) is 11.5 Å². The summed E-state index contributed by atoms with van der Waals surface area (Å²) in [5.74, 6) is 1.96. The van der Waals surface area contributed by atoms with Crippen molar-refractivity contribution >= 4 is 12.3 Å². The van der Waals surface area contributed by atoms with Crippen molar-refractivity contribution in [3.05, 3.63) is 23.3 Å². The van der Waals surface area contributed by atoms with Crippen LogP contribution in [0.3, 0.4) is 0 Å². The average molecular weight is 284 g/mol. The van der Waals surface area contributed by atoms with Crippen LogP contribution in [0, 0.1) is 11.8 Å². The number of benzene rings is 1. The number of aliphatic carboxylic acids is 1. The van der Waals surface area contributed by atoms with E-state index in [2.05, 4.69) is 10.7 Å². The van der Waals surface area contributed by atoms with E-state index in [-0.39, 0.29) is 23.5 Å². The van der Waals surface area contributed by atoms with Crippen LogP contribution in [-0.2, 0) is 4.79 Å². The minimum Gasteiger partial charge on any atom is -0.490 e. The molecule has 0 saturated heterocycles. The van der Waals surface area contributed by atoms with Crippen molar-refractivity contribution in [3.8, 4) is 23.3 Å². The number of halogens is 2. The Morgan fingerprint density at radius 2 is 2.20 bits per heavy atom. The lowest BCUT2D eigenvalue weighted by molar-refractivity contribution is -0.130. The number of hydrogen-bond donors (Lipinski definition) is 1. The Hall–Kier alpha value is -2.62. The molecule has 0 radical (unpaired) electrons. The second kappa shape index (κ2) is 7.09. The first-order valence-corrected chi connectivity index (χ1v) is 5.43. The van der Waals surface area contributed by atoms with E-state index >= 15 is 0 Å². The van der Waals surface area contributed by atoms with Crippen molar-refractivity contribution in [2.24, 2.45) is 0 Å². The average Bonchev–Trinajstić information content (AvgIpc) is 2.38. The van der Waals surface area contributed by atoms with Gasteiger partial charge in [0.1, 0.15) is 6.29 Å². The molecule has 0 fully saturated rings. The molecule has 106 valence electrons. The van der Waals surface area contributed by atoms with Crippen LogP contribution in [0.25, 0.3) is 0 Å². The summed E-state index contributed by atoms with van der Waals surface area (Å²) in [5, 5.41) is 8.48. The van der Waals surface area contributed by atoms with Gasteiger partial charge in [-0.1, -0.05) is 5.92 Å². The molecule has 1 aromatic rings. The van der Waals surface area contributed by atoms with Crippen LogP contribution in [0.15, 0.2) is 12.1 Å². The molecule has 0 aliphatic heterocycles. The highest BCUT2D eigenvalue weighted by Crippen LogP contribution is 2.33. The van der Waals surface area contributed by atoms with Gasteiger partial charge in [0.2, 0.25) is 0 Å². The zero-order chi connectivity index (χ0) is 15.1. The van der Waals surface area contributed by atoms with E-state index < -0.39 is 18.3 Å². The Labute approximate surface area is 113 Å². The Kier molecular flexibility index (Phi) is 5.47. The molecule has 1 aromatic carbocycles. The van der Waals surface area contributed by atoms with E-state index in [1.54, 1.807) is 12.8 Å². The van der Waals surface area contributed by atoms with Gasteiger partial charge in [0.05, 0.1) is 12.2 Å². The van der Waals surface area contributed by atoms with E-state index in [0.717, 1.165) is 6.07 Å². The molecule has 0 aliphatic rings. The maximum absolute atomic E-state index is 12.4. The van der Waals surface area contributed by atoms with E-state index in [4.69, 9.17) is 9.84 Å². The molecule has 1 rings (SSSR count). The molecule has 1 N–H and O–H groups in total. The molecular weight excluding hydrogens is 274 g/mol. The molecule has 0 aliphatic carbocycles. The molecule has 0 atom stereocenters. The fraction of sp³-hybridized carbons (Fsp3) is 0.231. The van der Waals surface area contributed by atoms with Gasteiger partial charge in [-0.3, -0.25) is 4.79 Å². The van der Waals surface area contributed by atoms with Crippen LogP contribution in [-0.4, -0.2) is 30.6 Å². The van der Waals surface area contributed by atoms with E-state index in [1.807, 2.05) is 0 Å². The van der Waals surface area contributed by atoms with Gasteiger partial charge in [-0.15, -0.1) is 0 Å². The zero-order valence-corrected chi connectivity index (χ0v) is 10.4. The number of carbonyl (C=O) groups excluding carboxylic acids is 1. The van der Waals surface area contributed by atoms with Crippen LogP contribution < -0.4 is 9.47 Å². The molecule has 5 nitrogen and oxygen atoms in total. The summed E-state index contributed by atoms with van der Waals surface area (Å²) < 4.78 is 34.2. The van der Waals surface area contributed by atoms with Crippen molar-refractivity contribution in [2.75, 3.05) is 6.61 Å². The molecule has 0 unspecified atom stereocenters. The monoisotopic (exact) mass is 284 g/mol. The van der Waals surface area contributed by atoms with Crippen molar-refractivity contribution < 1.29 is 33.0 Å². The third-order valence-electron chi connectivity index (χ3n) is 2.02. The lowest BCUT2D eigenvalue weighted by Gasteiger charge is -2.13. The highest BCUT2D eigenvalue weighted by molar-refractivity contribution is 5.88. The van der Waals surface area contributed by atoms with Gasteiger partial charge >= 0.3 is 12.6 Å². The normalized spacial score (nSPS) is 9.60. The largest absolute Gasteiger partial charge is 0.490 e. The van der Waals surface area contributed by atoms with Gasteiger partial charge in [-0.2, -0.15) is 8.78 Å². The molecule has 0 heterocycles. The lowest BCUT2D eigenvalue weighted by atomic mass is 10.1. The van der Waals surface area contributed by atoms with Gasteiger partial charge in [-0.25, -0.2) is 4.79 Å². The van der Waals surface area contributed by atoms with Crippen molar-refractivity contribution in [1.82, 2.24) is 0 Å². The quantitative estimate of drug-likeness (QED) is 0.660. The molecule has 0 spiro atoms. The number of carbonyl (C=O) groups is 2. The maximum Gasteiger partial charge on any atom is 0.387 e. The third-order valence-corrected chi connectivity index (χ3v) is 2.02. The molecule has 7 heteroatoms. The number of ether oxygens (including phenoxy) is 2. The fourth-order valence-corrected chi connectivity index (χ4v) is 1.38. The predicted octanol–water partition coefficient (Wildman–Crippen LogP) is 1.94. The van der Waals surface area contributed by atoms with Crippen LogP contribution in [0.2, 0.25) is 0 Å². The Bertz CT molecular complexity index is 572. The smallest absolute Gasteiger partial charge is 0.387 e. The second-order valence-corrected chi connectivity index (χ2v) is 3.38. The summed E-state index contributed by atoms with van der Waals surface area (Å²) in [4.78, 5) is 21.2. The molecule has 0 aromatic heterocycles. The number of aldehydes is 1. The summed E-state index contributed by atoms with van der Waals surface area (Å²) in [5.41, 5.74) is -0.0643. The number of carboxylic acids is 1. The highest BCUT2D eigenvalue weighted by Gasteiger charge is 2.16. The van der Waals surface area contributed by atoms with Gasteiger partial charge in [0.25, 0.3) is 0 Å². The number of alkyl halides is 2. The Balaban J connectivity index is 3.42. The van der Waals surface area contributed by atoms with E-state index in [0.29, 0.717) is 6.29 Å². The summed E-state index contributed by atoms with van der Waals surface area (Å²) >= 11 is 0. The van der Waals surface area contributed by atoms with Gasteiger partial charge < -0.3 is 14.6 Å². The molecule has 0 bridgehead atoms. The zero-order valence-electron chi connectivity index (χ0n) is 10.4. The summed E-state index contributed by atoms with van der Waals surface area (Å²) in [6.45, 7) is -1.38. The van der Waals surface area contributed by atoms with Gasteiger partial charge in [0.15, 0.2) is 11.5 Å².